The van der Waals surface area contributed by atoms with Crippen molar-refractivity contribution in [3.05, 3.63) is 58.6 Å². The Labute approximate surface area is 162 Å². The largest absolute Gasteiger partial charge is 0.484 e. The number of para-hydroxylation sites is 1. The molecule has 1 aliphatic heterocycles. The number of rotatable bonds is 7. The van der Waals surface area contributed by atoms with Gasteiger partial charge in [0.05, 0.1) is 5.02 Å². The molecule has 5 nitrogen and oxygen atoms in total. The summed E-state index contributed by atoms with van der Waals surface area (Å²) in [7, 11) is 0. The van der Waals surface area contributed by atoms with E-state index in [2.05, 4.69) is 12.2 Å². The lowest BCUT2D eigenvalue weighted by atomic mass is 10.3. The van der Waals surface area contributed by atoms with Crippen molar-refractivity contribution in [1.82, 2.24) is 10.2 Å². The molecule has 0 unspecified atom stereocenters. The van der Waals surface area contributed by atoms with Crippen LogP contribution in [0.15, 0.2) is 46.5 Å². The summed E-state index contributed by atoms with van der Waals surface area (Å²) in [5, 5.41) is 3.92. The third kappa shape index (κ3) is 4.26. The van der Waals surface area contributed by atoms with Crippen LogP contribution in [0.3, 0.4) is 0 Å². The molecule has 0 atom stereocenters. The molecule has 0 radical (unpaired) electrons. The van der Waals surface area contributed by atoms with Crippen molar-refractivity contribution in [2.75, 3.05) is 6.54 Å². The van der Waals surface area contributed by atoms with Gasteiger partial charge in [-0.3, -0.25) is 9.69 Å². The fourth-order valence-electron chi connectivity index (χ4n) is 2.49. The van der Waals surface area contributed by atoms with Crippen LogP contribution in [-0.4, -0.2) is 22.5 Å². The number of hydrogen-bond donors (Lipinski definition) is 1. The molecule has 1 aromatic carbocycles. The third-order valence-corrected chi connectivity index (χ3v) is 4.51. The summed E-state index contributed by atoms with van der Waals surface area (Å²) in [6.07, 6.45) is 3.56. The Kier molecular flexibility index (Phi) is 5.96. The molecular formula is C19H19ClN2O3S. The highest BCUT2D eigenvalue weighted by molar-refractivity contribution is 7.80. The van der Waals surface area contributed by atoms with E-state index in [1.165, 1.54) is 0 Å². The highest BCUT2D eigenvalue weighted by atomic mass is 35.5. The first-order chi connectivity index (χ1) is 12.6. The molecule has 0 aliphatic carbocycles. The van der Waals surface area contributed by atoms with Crippen LogP contribution in [0.5, 0.6) is 5.75 Å². The highest BCUT2D eigenvalue weighted by Gasteiger charge is 2.30. The minimum atomic E-state index is -0.131. The number of furan rings is 1. The van der Waals surface area contributed by atoms with Gasteiger partial charge in [-0.1, -0.05) is 37.1 Å². The monoisotopic (exact) mass is 390 g/mol. The van der Waals surface area contributed by atoms with Crippen LogP contribution < -0.4 is 10.1 Å². The number of benzene rings is 1. The molecular weight excluding hydrogens is 372 g/mol. The number of unbranched alkanes of at least 4 members (excludes halogenated alkanes) is 1. The maximum absolute atomic E-state index is 12.4. The van der Waals surface area contributed by atoms with E-state index >= 15 is 0 Å². The maximum Gasteiger partial charge on any atom is 0.276 e. The molecule has 3 rings (SSSR count). The van der Waals surface area contributed by atoms with Crippen LogP contribution in [0.4, 0.5) is 0 Å². The van der Waals surface area contributed by atoms with Gasteiger partial charge in [0.15, 0.2) is 5.11 Å². The van der Waals surface area contributed by atoms with Gasteiger partial charge in [-0.15, -0.1) is 0 Å². The summed E-state index contributed by atoms with van der Waals surface area (Å²) in [5.41, 5.74) is 0.416. The third-order valence-electron chi connectivity index (χ3n) is 3.87. The van der Waals surface area contributed by atoms with E-state index in [1.54, 1.807) is 35.2 Å². The molecule has 1 fully saturated rings. The predicted molar refractivity (Wildman–Crippen MR) is 105 cm³/mol. The van der Waals surface area contributed by atoms with Crippen molar-refractivity contribution < 1.29 is 13.9 Å². The minimum absolute atomic E-state index is 0.131. The molecule has 2 aromatic rings. The minimum Gasteiger partial charge on any atom is -0.484 e. The molecule has 1 saturated heterocycles. The lowest BCUT2D eigenvalue weighted by Gasteiger charge is -2.12. The topological polar surface area (TPSA) is 54.7 Å². The zero-order chi connectivity index (χ0) is 18.5. The maximum atomic E-state index is 12.4. The molecule has 1 aliphatic rings. The van der Waals surface area contributed by atoms with Gasteiger partial charge in [0.1, 0.15) is 29.6 Å². The summed E-state index contributed by atoms with van der Waals surface area (Å²) >= 11 is 11.3. The van der Waals surface area contributed by atoms with Crippen molar-refractivity contribution >= 4 is 40.9 Å². The number of ether oxygens (including phenoxy) is 1. The first-order valence-corrected chi connectivity index (χ1v) is 9.17. The molecule has 0 saturated carbocycles. The van der Waals surface area contributed by atoms with Crippen molar-refractivity contribution in [1.29, 1.82) is 0 Å². The first-order valence-electron chi connectivity index (χ1n) is 8.39. The van der Waals surface area contributed by atoms with Crippen molar-refractivity contribution in [2.24, 2.45) is 0 Å². The molecule has 0 bridgehead atoms. The van der Waals surface area contributed by atoms with Gasteiger partial charge in [0.2, 0.25) is 0 Å². The Bertz CT molecular complexity index is 847. The van der Waals surface area contributed by atoms with Crippen molar-refractivity contribution in [2.45, 2.75) is 26.4 Å². The van der Waals surface area contributed by atoms with E-state index in [1.807, 2.05) is 12.1 Å². The second-order valence-corrected chi connectivity index (χ2v) is 6.62. The van der Waals surface area contributed by atoms with Crippen LogP contribution in [0, 0.1) is 0 Å². The Morgan fingerprint density at radius 3 is 2.88 bits per heavy atom. The Hall–Kier alpha value is -2.31. The molecule has 0 spiro atoms. The zero-order valence-corrected chi connectivity index (χ0v) is 15.9. The fourth-order valence-corrected chi connectivity index (χ4v) is 2.97. The summed E-state index contributed by atoms with van der Waals surface area (Å²) < 4.78 is 11.4. The summed E-state index contributed by atoms with van der Waals surface area (Å²) in [6.45, 7) is 2.94. The van der Waals surface area contributed by atoms with Crippen LogP contribution in [0.1, 0.15) is 31.3 Å². The van der Waals surface area contributed by atoms with E-state index in [-0.39, 0.29) is 12.5 Å². The number of amides is 1. The number of carbonyl (C=O) groups excluding carboxylic acids is 1. The van der Waals surface area contributed by atoms with Crippen LogP contribution in [0.2, 0.25) is 5.02 Å². The van der Waals surface area contributed by atoms with E-state index in [9.17, 15) is 4.79 Å². The lowest BCUT2D eigenvalue weighted by molar-refractivity contribution is -0.122. The number of nitrogens with one attached hydrogen (secondary N) is 1. The Balaban J connectivity index is 1.65. The van der Waals surface area contributed by atoms with Gasteiger partial charge in [0.25, 0.3) is 5.91 Å². The molecule has 1 aromatic heterocycles. The smallest absolute Gasteiger partial charge is 0.276 e. The standard InChI is InChI=1S/C19H19ClN2O3S/c1-2-3-10-22-18(23)16(21-19(22)26)11-13-8-9-14(25-13)12-24-17-7-5-4-6-15(17)20/h4-9,11H,2-3,10,12H2,1H3,(H,21,26)/b16-11+. The molecule has 26 heavy (non-hydrogen) atoms. The van der Waals surface area contributed by atoms with E-state index in [0.29, 0.717) is 39.6 Å². The van der Waals surface area contributed by atoms with Gasteiger partial charge in [-0.05, 0) is 42.9 Å². The number of halogens is 1. The van der Waals surface area contributed by atoms with Crippen LogP contribution >= 0.6 is 23.8 Å². The zero-order valence-electron chi connectivity index (χ0n) is 14.3. The lowest BCUT2D eigenvalue weighted by Crippen LogP contribution is -2.31. The average Bonchev–Trinajstić information content (AvgIpc) is 3.18. The van der Waals surface area contributed by atoms with Gasteiger partial charge in [-0.25, -0.2) is 0 Å². The second-order valence-electron chi connectivity index (χ2n) is 5.82. The van der Waals surface area contributed by atoms with Gasteiger partial charge >= 0.3 is 0 Å². The van der Waals surface area contributed by atoms with E-state index < -0.39 is 0 Å². The van der Waals surface area contributed by atoms with Gasteiger partial charge < -0.3 is 14.5 Å². The number of carbonyl (C=O) groups is 1. The number of hydrogen-bond acceptors (Lipinski definition) is 4. The Morgan fingerprint density at radius 1 is 1.31 bits per heavy atom. The van der Waals surface area contributed by atoms with Gasteiger partial charge in [0, 0.05) is 12.6 Å². The van der Waals surface area contributed by atoms with Crippen LogP contribution in [0.25, 0.3) is 6.08 Å². The summed E-state index contributed by atoms with van der Waals surface area (Å²) in [4.78, 5) is 14.0. The fraction of sp³-hybridized carbons (Fsp3) is 0.263. The summed E-state index contributed by atoms with van der Waals surface area (Å²) in [5.74, 6) is 1.65. The molecule has 1 amide bonds. The molecule has 7 heteroatoms. The number of thiocarbonyl (C=S) groups is 1. The van der Waals surface area contributed by atoms with Crippen molar-refractivity contribution in [3.63, 3.8) is 0 Å². The molecule has 1 N–H and O–H groups in total. The van der Waals surface area contributed by atoms with E-state index in [0.717, 1.165) is 12.8 Å². The van der Waals surface area contributed by atoms with Crippen molar-refractivity contribution in [3.8, 4) is 5.75 Å². The first kappa shape index (κ1) is 18.5. The van der Waals surface area contributed by atoms with E-state index in [4.69, 9.17) is 33.0 Å². The molecule has 136 valence electrons. The van der Waals surface area contributed by atoms with Gasteiger partial charge in [-0.2, -0.15) is 0 Å². The normalized spacial score (nSPS) is 15.6. The quantitative estimate of drug-likeness (QED) is 0.562. The summed E-state index contributed by atoms with van der Waals surface area (Å²) in [6, 6.07) is 10.8. The Morgan fingerprint density at radius 2 is 2.12 bits per heavy atom. The average molecular weight is 391 g/mol. The SMILES string of the molecule is CCCCN1C(=O)/C(=C\c2ccc(COc3ccccc3Cl)o2)NC1=S. The molecule has 2 heterocycles. The highest BCUT2D eigenvalue weighted by Crippen LogP contribution is 2.24. The number of nitrogens with zero attached hydrogens (tertiary/aromatic N) is 1. The van der Waals surface area contributed by atoms with Crippen LogP contribution in [-0.2, 0) is 11.4 Å². The predicted octanol–water partition coefficient (Wildman–Crippen LogP) is 4.37. The second kappa shape index (κ2) is 8.38.